The molecule has 1 rings (SSSR count). The van der Waals surface area contributed by atoms with Crippen molar-refractivity contribution >= 4 is 5.97 Å². The molecule has 0 saturated heterocycles. The molecule has 0 amide bonds. The number of carbonyl (C=O) groups is 1. The maximum Gasteiger partial charge on any atom is 1.00 e. The van der Waals surface area contributed by atoms with Gasteiger partial charge in [0.25, 0.3) is 0 Å². The van der Waals surface area contributed by atoms with Crippen LogP contribution in [-0.2, 0) is 6.42 Å². The van der Waals surface area contributed by atoms with Crippen molar-refractivity contribution in [3.8, 4) is 0 Å². The van der Waals surface area contributed by atoms with Gasteiger partial charge in [-0.25, -0.2) is 4.79 Å². The summed E-state index contributed by atoms with van der Waals surface area (Å²) in [4.78, 5) is 10.7. The van der Waals surface area contributed by atoms with Gasteiger partial charge in [-0.05, 0) is 18.1 Å². The maximum absolute atomic E-state index is 10.7. The minimum atomic E-state index is -0.882. The van der Waals surface area contributed by atoms with Crippen molar-refractivity contribution in [1.29, 1.82) is 0 Å². The average Bonchev–Trinajstić information content (AvgIpc) is 2.05. The zero-order chi connectivity index (χ0) is 8.97. The quantitative estimate of drug-likeness (QED) is 0.497. The Labute approximate surface area is 101 Å². The van der Waals surface area contributed by atoms with Crippen LogP contribution in [0.3, 0.4) is 0 Å². The fourth-order valence-corrected chi connectivity index (χ4v) is 1.06. The van der Waals surface area contributed by atoms with Gasteiger partial charge < -0.3 is 6.53 Å². The molecule has 0 bridgehead atoms. The number of benzene rings is 1. The molecule has 0 radical (unpaired) electrons. The van der Waals surface area contributed by atoms with Gasteiger partial charge in [-0.3, -0.25) is 0 Å². The van der Waals surface area contributed by atoms with E-state index in [0.29, 0.717) is 12.0 Å². The van der Waals surface area contributed by atoms with Gasteiger partial charge >= 0.3 is 35.5 Å². The summed E-state index contributed by atoms with van der Waals surface area (Å²) in [6.07, 6.45) is 2.30. The molecular formula is C10H11NaO2. The third-order valence-corrected chi connectivity index (χ3v) is 1.61. The average molecular weight is 186 g/mol. The molecule has 2 nitrogen and oxygen atoms in total. The molecule has 0 aliphatic carbocycles. The summed E-state index contributed by atoms with van der Waals surface area (Å²) in [5.41, 5.74) is 1.16. The molecule has 1 N–H and O–H groups in total. The van der Waals surface area contributed by atoms with Gasteiger partial charge in [-0.2, -0.15) is 0 Å². The summed E-state index contributed by atoms with van der Waals surface area (Å²) >= 11 is 0. The number of hydrogen-bond acceptors (Lipinski definition) is 1. The Morgan fingerprint density at radius 1 is 1.54 bits per heavy atom. The summed E-state index contributed by atoms with van der Waals surface area (Å²) in [6.45, 7) is 3.56. The van der Waals surface area contributed by atoms with Crippen LogP contribution in [0.2, 0.25) is 0 Å². The largest absolute Gasteiger partial charge is 1.00 e. The van der Waals surface area contributed by atoms with E-state index in [1.54, 1.807) is 24.3 Å². The Hall–Kier alpha value is -0.570. The SMILES string of the molecule is C=CCc1ccccc1C(=O)O.[H-].[Na+]. The van der Waals surface area contributed by atoms with Gasteiger partial charge in [-0.15, -0.1) is 6.58 Å². The second-order valence-corrected chi connectivity index (χ2v) is 2.46. The van der Waals surface area contributed by atoms with Crippen molar-refractivity contribution in [2.75, 3.05) is 0 Å². The normalized spacial score (nSPS) is 8.62. The maximum atomic E-state index is 10.7. The van der Waals surface area contributed by atoms with Crippen molar-refractivity contribution < 1.29 is 40.9 Å². The summed E-state index contributed by atoms with van der Waals surface area (Å²) in [7, 11) is 0. The minimum absolute atomic E-state index is 0. The summed E-state index contributed by atoms with van der Waals surface area (Å²) < 4.78 is 0. The zero-order valence-electron chi connectivity index (χ0n) is 8.66. The fraction of sp³-hybridized carbons (Fsp3) is 0.100. The predicted molar refractivity (Wildman–Crippen MR) is 48.4 cm³/mol. The van der Waals surface area contributed by atoms with Crippen molar-refractivity contribution in [1.82, 2.24) is 0 Å². The molecule has 0 spiro atoms. The predicted octanol–water partition coefficient (Wildman–Crippen LogP) is -0.770. The Bertz CT molecular complexity index is 313. The van der Waals surface area contributed by atoms with Crippen LogP contribution in [0.4, 0.5) is 0 Å². The van der Waals surface area contributed by atoms with Gasteiger partial charge in [0, 0.05) is 0 Å². The first-order chi connectivity index (χ1) is 5.75. The van der Waals surface area contributed by atoms with Crippen LogP contribution in [0.25, 0.3) is 0 Å². The second-order valence-electron chi connectivity index (χ2n) is 2.46. The number of aromatic carboxylic acids is 1. The van der Waals surface area contributed by atoms with Gasteiger partial charge in [0.05, 0.1) is 5.56 Å². The molecule has 0 aromatic heterocycles. The Balaban J connectivity index is 0. The van der Waals surface area contributed by atoms with Crippen LogP contribution >= 0.6 is 0 Å². The molecule has 1 aromatic carbocycles. The summed E-state index contributed by atoms with van der Waals surface area (Å²) in [5.74, 6) is -0.882. The van der Waals surface area contributed by atoms with Gasteiger partial charge in [0.1, 0.15) is 0 Å². The van der Waals surface area contributed by atoms with Crippen molar-refractivity contribution in [3.63, 3.8) is 0 Å². The smallest absolute Gasteiger partial charge is 1.00 e. The molecule has 0 heterocycles. The standard InChI is InChI=1S/C10H10O2.Na.H/c1-2-5-8-6-3-4-7-9(8)10(11)12;;/h2-4,6-7H,1,5H2,(H,11,12);;/q;+1;-1. The van der Waals surface area contributed by atoms with Crippen molar-refractivity contribution in [2.24, 2.45) is 0 Å². The number of rotatable bonds is 3. The van der Waals surface area contributed by atoms with Gasteiger partial charge in [0.15, 0.2) is 0 Å². The first kappa shape index (κ1) is 12.4. The monoisotopic (exact) mass is 186 g/mol. The number of carboxylic acid groups (broad SMARTS) is 1. The van der Waals surface area contributed by atoms with Crippen LogP contribution < -0.4 is 29.6 Å². The first-order valence-corrected chi connectivity index (χ1v) is 3.68. The number of carboxylic acids is 1. The van der Waals surface area contributed by atoms with E-state index in [1.165, 1.54) is 0 Å². The van der Waals surface area contributed by atoms with E-state index in [-0.39, 0.29) is 31.0 Å². The number of allylic oxidation sites excluding steroid dienone is 1. The molecule has 0 atom stereocenters. The Kier molecular flexibility index (Phi) is 5.71. The van der Waals surface area contributed by atoms with E-state index in [4.69, 9.17) is 5.11 Å². The van der Waals surface area contributed by atoms with Crippen LogP contribution in [0.15, 0.2) is 36.9 Å². The van der Waals surface area contributed by atoms with E-state index in [1.807, 2.05) is 6.07 Å². The Morgan fingerprint density at radius 2 is 2.15 bits per heavy atom. The third-order valence-electron chi connectivity index (χ3n) is 1.61. The van der Waals surface area contributed by atoms with Crippen LogP contribution in [-0.4, -0.2) is 11.1 Å². The molecule has 64 valence electrons. The van der Waals surface area contributed by atoms with Crippen LogP contribution in [0, 0.1) is 0 Å². The first-order valence-electron chi connectivity index (χ1n) is 3.68. The molecule has 0 aliphatic heterocycles. The minimum Gasteiger partial charge on any atom is -1.00 e. The summed E-state index contributed by atoms with van der Waals surface area (Å²) in [5, 5.41) is 8.76. The van der Waals surface area contributed by atoms with Crippen LogP contribution in [0.5, 0.6) is 0 Å². The van der Waals surface area contributed by atoms with E-state index in [9.17, 15) is 4.79 Å². The zero-order valence-corrected chi connectivity index (χ0v) is 9.66. The van der Waals surface area contributed by atoms with Gasteiger partial charge in [0.2, 0.25) is 0 Å². The molecule has 1 aromatic rings. The molecule has 0 fully saturated rings. The second kappa shape index (κ2) is 5.97. The van der Waals surface area contributed by atoms with Crippen LogP contribution in [0.1, 0.15) is 17.3 Å². The molecule has 13 heavy (non-hydrogen) atoms. The molecular weight excluding hydrogens is 175 g/mol. The van der Waals surface area contributed by atoms with E-state index in [0.717, 1.165) is 5.56 Å². The van der Waals surface area contributed by atoms with E-state index >= 15 is 0 Å². The Morgan fingerprint density at radius 3 is 2.69 bits per heavy atom. The molecule has 3 heteroatoms. The molecule has 0 aliphatic rings. The molecule has 0 saturated carbocycles. The van der Waals surface area contributed by atoms with E-state index < -0.39 is 5.97 Å². The fourth-order valence-electron chi connectivity index (χ4n) is 1.06. The number of hydrogen-bond donors (Lipinski definition) is 1. The van der Waals surface area contributed by atoms with E-state index in [2.05, 4.69) is 6.58 Å². The third kappa shape index (κ3) is 3.35. The summed E-state index contributed by atoms with van der Waals surface area (Å²) in [6, 6.07) is 6.94. The molecule has 0 unspecified atom stereocenters. The van der Waals surface area contributed by atoms with Crippen molar-refractivity contribution in [2.45, 2.75) is 6.42 Å². The topological polar surface area (TPSA) is 37.3 Å². The van der Waals surface area contributed by atoms with Gasteiger partial charge in [-0.1, -0.05) is 24.3 Å². The van der Waals surface area contributed by atoms with Crippen molar-refractivity contribution in [3.05, 3.63) is 48.0 Å².